The Morgan fingerprint density at radius 2 is 0.909 bits per heavy atom. The topological polar surface area (TPSA) is 46.2 Å². The van der Waals surface area contributed by atoms with Gasteiger partial charge in [0.2, 0.25) is 0 Å². The molecule has 0 aromatic rings. The van der Waals surface area contributed by atoms with Crippen LogP contribution in [0, 0.1) is 0 Å². The van der Waals surface area contributed by atoms with Crippen LogP contribution in [0.1, 0.15) is 65.3 Å². The van der Waals surface area contributed by atoms with Crippen LogP contribution in [-0.2, 0) is 21.2 Å². The molecule has 0 aromatic heterocycles. The Hall–Kier alpha value is 0.884. The maximum absolute atomic E-state index is 6.83. The Bertz CT molecular complexity index is 428. The first-order valence-electron chi connectivity index (χ1n) is 9.74. The Morgan fingerprint density at radius 1 is 0.515 bits per heavy atom. The average Bonchev–Trinajstić information content (AvgIpc) is 2.32. The molecule has 0 amide bonds. The summed E-state index contributed by atoms with van der Waals surface area (Å²) >= 11 is 0. The monoisotopic (exact) mass is 568 g/mol. The van der Waals surface area contributed by atoms with Gasteiger partial charge < -0.3 is 21.2 Å². The van der Waals surface area contributed by atoms with E-state index in [2.05, 4.69) is 72.4 Å². The predicted molar refractivity (Wildman–Crippen MR) is 171 cm³/mol. The van der Waals surface area contributed by atoms with Gasteiger partial charge in [0.1, 0.15) is 0 Å². The molecule has 0 spiro atoms. The molecule has 0 aliphatic heterocycles. The van der Waals surface area contributed by atoms with Crippen LogP contribution >= 0.6 is 0 Å². The van der Waals surface area contributed by atoms with Crippen molar-refractivity contribution in [1.82, 2.24) is 0 Å². The van der Waals surface area contributed by atoms with Gasteiger partial charge in [0, 0.05) is 13.7 Å². The van der Waals surface area contributed by atoms with E-state index in [1.54, 1.807) is 7.11 Å². The second-order valence-electron chi connectivity index (χ2n) is 9.75. The van der Waals surface area contributed by atoms with E-state index in [0.29, 0.717) is 0 Å². The Labute approximate surface area is 219 Å². The van der Waals surface area contributed by atoms with E-state index >= 15 is 0 Å². The summed E-state index contributed by atoms with van der Waals surface area (Å²) in [6, 6.07) is 1.84. The maximum atomic E-state index is 6.83. The molecule has 214 valence electrons. The van der Waals surface area contributed by atoms with Gasteiger partial charge in [0.15, 0.2) is 16.6 Å². The number of hydrogen-bond donors (Lipinski definition) is 0. The lowest BCUT2D eigenvalue weighted by molar-refractivity contribution is 0.194. The normalized spacial score (nSPS) is 14.5. The zero-order valence-electron chi connectivity index (χ0n) is 19.4. The van der Waals surface area contributed by atoms with E-state index in [0.717, 1.165) is 25.1 Å². The predicted octanol–water partition coefficient (Wildman–Crippen LogP) is 10.1. The smallest absolute Gasteiger partial charge is 0.317 e. The second-order valence-corrected chi connectivity index (χ2v) is 30.0. The van der Waals surface area contributed by atoms with Crippen molar-refractivity contribution in [1.29, 1.82) is 0 Å². The summed E-state index contributed by atoms with van der Waals surface area (Å²) in [4.78, 5) is 0. The highest BCUT2D eigenvalue weighted by Crippen LogP contribution is 2.30. The van der Waals surface area contributed by atoms with Crippen LogP contribution in [0.25, 0.3) is 0 Å². The van der Waals surface area contributed by atoms with E-state index in [4.69, 9.17) is 21.2 Å². The van der Waals surface area contributed by atoms with Crippen molar-refractivity contribution >= 4 is 42.3 Å². The second kappa shape index (κ2) is 21.0. The molecule has 5 nitrogen and oxygen atoms in total. The van der Waals surface area contributed by atoms with Gasteiger partial charge in [-0.3, -0.25) is 0 Å². The van der Waals surface area contributed by atoms with Gasteiger partial charge in [0.25, 0.3) is 0 Å². The maximum Gasteiger partial charge on any atom is 0.317 e. The summed E-state index contributed by atoms with van der Waals surface area (Å²) in [6.45, 7) is 24.9. The number of hydrogen-bond acceptors (Lipinski definition) is 5. The standard InChI is InChI=1S/C16H44O5Si5.7CH4/c1-13-25(11,19-23(6,7)8)21-26(12,16-14-15-17-2)20-24(9,10)18-22(3,4)5;;;;;;;/h13-16H2,1-12H3;7*1H4. The SMILES string of the molecule is C.C.C.C.C.C.C.CC[Si](C)(O[Si](C)(C)C)O[Si](C)(CCCOC)O[Si](C)(C)O[Si](C)(C)C. The van der Waals surface area contributed by atoms with Gasteiger partial charge in [-0.1, -0.05) is 58.9 Å². The first kappa shape index (κ1) is 54.7. The highest BCUT2D eigenvalue weighted by molar-refractivity contribution is 6.90. The molecule has 0 aliphatic rings. The largest absolute Gasteiger partial charge is 0.437 e. The third-order valence-electron chi connectivity index (χ3n) is 3.59. The molecule has 0 heterocycles. The molecular formula is C23H72O5Si5. The molecule has 0 aromatic carbocycles. The van der Waals surface area contributed by atoms with E-state index in [1.165, 1.54) is 0 Å². The summed E-state index contributed by atoms with van der Waals surface area (Å²) in [5, 5.41) is 0. The van der Waals surface area contributed by atoms with Crippen LogP contribution in [-0.4, -0.2) is 56.0 Å². The van der Waals surface area contributed by atoms with Gasteiger partial charge in [-0.05, 0) is 84.0 Å². The quantitative estimate of drug-likeness (QED) is 0.163. The zero-order valence-corrected chi connectivity index (χ0v) is 24.4. The fraction of sp³-hybridized carbons (Fsp3) is 1.00. The van der Waals surface area contributed by atoms with Crippen molar-refractivity contribution in [2.75, 3.05) is 13.7 Å². The highest BCUT2D eigenvalue weighted by atomic mass is 28.5. The van der Waals surface area contributed by atoms with Crippen molar-refractivity contribution in [3.8, 4) is 0 Å². The number of rotatable bonds is 13. The van der Waals surface area contributed by atoms with Gasteiger partial charge in [0.05, 0.1) is 0 Å². The minimum Gasteiger partial charge on any atom is -0.437 e. The molecule has 0 saturated heterocycles. The number of methoxy groups -OCH3 is 1. The average molecular weight is 569 g/mol. The van der Waals surface area contributed by atoms with Crippen LogP contribution < -0.4 is 0 Å². The molecule has 0 radical (unpaired) electrons. The highest BCUT2D eigenvalue weighted by Gasteiger charge is 2.48. The van der Waals surface area contributed by atoms with Gasteiger partial charge in [-0.25, -0.2) is 0 Å². The molecule has 2 atom stereocenters. The first-order chi connectivity index (χ1) is 11.4. The Kier molecular flexibility index (Phi) is 34.8. The molecule has 0 aliphatic carbocycles. The van der Waals surface area contributed by atoms with Crippen molar-refractivity contribution in [2.45, 2.75) is 143 Å². The lowest BCUT2D eigenvalue weighted by Crippen LogP contribution is -2.60. The minimum absolute atomic E-state index is 0. The van der Waals surface area contributed by atoms with E-state index in [9.17, 15) is 0 Å². The lowest BCUT2D eigenvalue weighted by Gasteiger charge is -2.44. The lowest BCUT2D eigenvalue weighted by atomic mass is 10.5. The van der Waals surface area contributed by atoms with Crippen LogP contribution in [0.3, 0.4) is 0 Å². The first-order valence-corrected chi connectivity index (χ1v) is 24.4. The Balaban J connectivity index is -0.000000149. The van der Waals surface area contributed by atoms with E-state index in [-0.39, 0.29) is 52.0 Å². The molecule has 33 heavy (non-hydrogen) atoms. The minimum atomic E-state index is -2.44. The van der Waals surface area contributed by atoms with Gasteiger partial charge >= 0.3 is 25.7 Å². The zero-order chi connectivity index (χ0) is 20.9. The van der Waals surface area contributed by atoms with Crippen molar-refractivity contribution in [2.24, 2.45) is 0 Å². The van der Waals surface area contributed by atoms with Crippen molar-refractivity contribution in [3.63, 3.8) is 0 Å². The summed E-state index contributed by atoms with van der Waals surface area (Å²) in [6.07, 6.45) is 0.942. The third kappa shape index (κ3) is 27.3. The molecular weight excluding hydrogens is 497 g/mol. The fourth-order valence-electron chi connectivity index (χ4n) is 3.21. The molecule has 2 unspecified atom stereocenters. The Morgan fingerprint density at radius 3 is 1.21 bits per heavy atom. The van der Waals surface area contributed by atoms with Gasteiger partial charge in [-0.2, -0.15) is 0 Å². The molecule has 0 rings (SSSR count). The fourth-order valence-corrected chi connectivity index (χ4v) is 26.5. The molecule has 0 fully saturated rings. The molecule has 0 saturated carbocycles. The van der Waals surface area contributed by atoms with E-state index < -0.39 is 42.3 Å². The molecule has 10 heteroatoms. The summed E-state index contributed by atoms with van der Waals surface area (Å²) < 4.78 is 31.8. The van der Waals surface area contributed by atoms with Crippen LogP contribution in [0.2, 0.25) is 77.6 Å². The summed E-state index contributed by atoms with van der Waals surface area (Å²) in [5.74, 6) is 0. The molecule has 0 N–H and O–H groups in total. The van der Waals surface area contributed by atoms with Crippen LogP contribution in [0.5, 0.6) is 0 Å². The molecule has 0 bridgehead atoms. The summed E-state index contributed by atoms with van der Waals surface area (Å²) in [5.41, 5.74) is 0. The van der Waals surface area contributed by atoms with E-state index in [1.807, 2.05) is 0 Å². The van der Waals surface area contributed by atoms with Gasteiger partial charge in [-0.15, -0.1) is 0 Å². The van der Waals surface area contributed by atoms with Crippen LogP contribution in [0.4, 0.5) is 0 Å². The third-order valence-corrected chi connectivity index (χ3v) is 21.9. The van der Waals surface area contributed by atoms with Crippen molar-refractivity contribution < 1.29 is 21.2 Å². The number of ether oxygens (including phenoxy) is 1. The summed E-state index contributed by atoms with van der Waals surface area (Å²) in [7, 11) is -8.60. The van der Waals surface area contributed by atoms with Crippen LogP contribution in [0.15, 0.2) is 0 Å². The van der Waals surface area contributed by atoms with Crippen molar-refractivity contribution in [3.05, 3.63) is 0 Å².